The highest BCUT2D eigenvalue weighted by molar-refractivity contribution is 5.36. The SMILES string of the molecule is C#CCN1CCn2c1nnc(C1(CC)CCCCC1)c2=O. The van der Waals surface area contributed by atoms with E-state index in [0.717, 1.165) is 25.8 Å². The molecule has 112 valence electrons. The van der Waals surface area contributed by atoms with E-state index in [-0.39, 0.29) is 11.0 Å². The third kappa shape index (κ3) is 2.23. The Morgan fingerprint density at radius 2 is 2.00 bits per heavy atom. The summed E-state index contributed by atoms with van der Waals surface area (Å²) in [5.41, 5.74) is 0.656. The molecule has 0 amide bonds. The van der Waals surface area contributed by atoms with Gasteiger partial charge < -0.3 is 4.90 Å². The van der Waals surface area contributed by atoms with Gasteiger partial charge in [0.2, 0.25) is 5.95 Å². The molecule has 1 aliphatic heterocycles. The van der Waals surface area contributed by atoms with Crippen LogP contribution in [0.2, 0.25) is 0 Å². The molecule has 2 heterocycles. The smallest absolute Gasteiger partial charge is 0.277 e. The summed E-state index contributed by atoms with van der Waals surface area (Å²) in [6, 6.07) is 0. The van der Waals surface area contributed by atoms with Gasteiger partial charge in [-0.05, 0) is 19.3 Å². The fourth-order valence-electron chi connectivity index (χ4n) is 3.75. The lowest BCUT2D eigenvalue weighted by Crippen LogP contribution is -2.39. The Kier molecular flexibility index (Phi) is 3.71. The third-order valence-electron chi connectivity index (χ3n) is 5.08. The van der Waals surface area contributed by atoms with Crippen molar-refractivity contribution in [3.63, 3.8) is 0 Å². The van der Waals surface area contributed by atoms with Gasteiger partial charge in [-0.25, -0.2) is 0 Å². The van der Waals surface area contributed by atoms with E-state index in [2.05, 4.69) is 23.0 Å². The molecule has 1 aliphatic carbocycles. The van der Waals surface area contributed by atoms with E-state index in [0.29, 0.717) is 24.7 Å². The van der Waals surface area contributed by atoms with Crippen LogP contribution in [0.4, 0.5) is 5.95 Å². The molecule has 0 atom stereocenters. The Morgan fingerprint density at radius 3 is 2.67 bits per heavy atom. The van der Waals surface area contributed by atoms with Crippen molar-refractivity contribution < 1.29 is 0 Å². The van der Waals surface area contributed by atoms with Crippen LogP contribution in [0.3, 0.4) is 0 Å². The monoisotopic (exact) mass is 286 g/mol. The molecule has 0 spiro atoms. The normalized spacial score (nSPS) is 20.1. The molecule has 1 aromatic heterocycles. The second kappa shape index (κ2) is 5.51. The van der Waals surface area contributed by atoms with Gasteiger partial charge in [-0.15, -0.1) is 16.6 Å². The first-order valence-electron chi connectivity index (χ1n) is 7.88. The van der Waals surface area contributed by atoms with Crippen LogP contribution in [0.25, 0.3) is 0 Å². The molecule has 0 aromatic carbocycles. The van der Waals surface area contributed by atoms with E-state index in [1.54, 1.807) is 4.57 Å². The van der Waals surface area contributed by atoms with Crippen LogP contribution in [-0.4, -0.2) is 27.9 Å². The van der Waals surface area contributed by atoms with E-state index in [4.69, 9.17) is 6.42 Å². The molecule has 0 N–H and O–H groups in total. The largest absolute Gasteiger partial charge is 0.328 e. The van der Waals surface area contributed by atoms with Crippen molar-refractivity contribution in [2.24, 2.45) is 0 Å². The third-order valence-corrected chi connectivity index (χ3v) is 5.08. The van der Waals surface area contributed by atoms with Crippen LogP contribution in [0.15, 0.2) is 4.79 Å². The van der Waals surface area contributed by atoms with Crippen molar-refractivity contribution in [1.29, 1.82) is 0 Å². The molecule has 0 unspecified atom stereocenters. The molecule has 2 aliphatic rings. The van der Waals surface area contributed by atoms with Gasteiger partial charge in [-0.3, -0.25) is 9.36 Å². The maximum absolute atomic E-state index is 12.9. The molecular weight excluding hydrogens is 264 g/mol. The fourth-order valence-corrected chi connectivity index (χ4v) is 3.75. The fraction of sp³-hybridized carbons (Fsp3) is 0.688. The van der Waals surface area contributed by atoms with Gasteiger partial charge in [0.05, 0.1) is 6.54 Å². The molecule has 0 bridgehead atoms. The predicted octanol–water partition coefficient (Wildman–Crippen LogP) is 1.70. The van der Waals surface area contributed by atoms with Crippen LogP contribution in [-0.2, 0) is 12.0 Å². The van der Waals surface area contributed by atoms with E-state index in [9.17, 15) is 4.79 Å². The second-order valence-electron chi connectivity index (χ2n) is 6.13. The zero-order valence-electron chi connectivity index (χ0n) is 12.6. The number of rotatable bonds is 3. The molecule has 1 aromatic rings. The van der Waals surface area contributed by atoms with Crippen molar-refractivity contribution in [3.05, 3.63) is 16.0 Å². The Morgan fingerprint density at radius 1 is 1.24 bits per heavy atom. The van der Waals surface area contributed by atoms with E-state index < -0.39 is 0 Å². The lowest BCUT2D eigenvalue weighted by Gasteiger charge is -2.35. The van der Waals surface area contributed by atoms with Crippen LogP contribution < -0.4 is 10.5 Å². The topological polar surface area (TPSA) is 51.0 Å². The van der Waals surface area contributed by atoms with Crippen LogP contribution >= 0.6 is 0 Å². The number of aromatic nitrogens is 3. The maximum atomic E-state index is 12.9. The van der Waals surface area contributed by atoms with E-state index >= 15 is 0 Å². The van der Waals surface area contributed by atoms with Crippen LogP contribution in [0.1, 0.15) is 51.1 Å². The zero-order valence-corrected chi connectivity index (χ0v) is 12.6. The molecule has 5 nitrogen and oxygen atoms in total. The first kappa shape index (κ1) is 14.1. The summed E-state index contributed by atoms with van der Waals surface area (Å²) in [6.07, 6.45) is 12.1. The zero-order chi connectivity index (χ0) is 14.9. The molecular formula is C16H22N4O. The first-order valence-corrected chi connectivity index (χ1v) is 7.88. The van der Waals surface area contributed by atoms with Gasteiger partial charge >= 0.3 is 0 Å². The molecule has 1 fully saturated rings. The minimum absolute atomic E-state index is 0.0447. The Hall–Kier alpha value is -1.83. The van der Waals surface area contributed by atoms with Crippen molar-refractivity contribution >= 4 is 5.95 Å². The van der Waals surface area contributed by atoms with Crippen LogP contribution in [0.5, 0.6) is 0 Å². The summed E-state index contributed by atoms with van der Waals surface area (Å²) >= 11 is 0. The average molecular weight is 286 g/mol. The molecule has 5 heteroatoms. The van der Waals surface area contributed by atoms with Crippen molar-refractivity contribution in [2.45, 2.75) is 57.4 Å². The summed E-state index contributed by atoms with van der Waals surface area (Å²) in [6.45, 7) is 4.05. The number of hydrogen-bond donors (Lipinski definition) is 0. The highest BCUT2D eigenvalue weighted by Gasteiger charge is 2.38. The molecule has 21 heavy (non-hydrogen) atoms. The van der Waals surface area contributed by atoms with Crippen molar-refractivity contribution in [1.82, 2.24) is 14.8 Å². The average Bonchev–Trinajstić information content (AvgIpc) is 2.93. The van der Waals surface area contributed by atoms with Crippen LogP contribution in [0, 0.1) is 12.3 Å². The summed E-state index contributed by atoms with van der Waals surface area (Å²) in [5, 5.41) is 8.69. The highest BCUT2D eigenvalue weighted by atomic mass is 16.1. The summed E-state index contributed by atoms with van der Waals surface area (Å²) in [4.78, 5) is 14.8. The van der Waals surface area contributed by atoms with Crippen molar-refractivity contribution in [3.8, 4) is 12.3 Å². The summed E-state index contributed by atoms with van der Waals surface area (Å²) in [5.74, 6) is 3.24. The Balaban J connectivity index is 2.03. The molecule has 0 saturated heterocycles. The van der Waals surface area contributed by atoms with Gasteiger partial charge in [-0.2, -0.15) is 0 Å². The Labute approximate surface area is 125 Å². The van der Waals surface area contributed by atoms with Gasteiger partial charge in [0.15, 0.2) is 0 Å². The second-order valence-corrected chi connectivity index (χ2v) is 6.13. The van der Waals surface area contributed by atoms with Gasteiger partial charge in [-0.1, -0.05) is 32.1 Å². The molecule has 0 radical (unpaired) electrons. The first-order chi connectivity index (χ1) is 10.2. The summed E-state index contributed by atoms with van der Waals surface area (Å²) < 4.78 is 1.76. The van der Waals surface area contributed by atoms with Gasteiger partial charge in [0.25, 0.3) is 5.56 Å². The quantitative estimate of drug-likeness (QED) is 0.794. The maximum Gasteiger partial charge on any atom is 0.277 e. The van der Waals surface area contributed by atoms with Gasteiger partial charge in [0.1, 0.15) is 5.69 Å². The number of terminal acetylenes is 1. The lowest BCUT2D eigenvalue weighted by molar-refractivity contribution is 0.270. The lowest BCUT2D eigenvalue weighted by atomic mass is 9.70. The van der Waals surface area contributed by atoms with E-state index in [1.165, 1.54) is 19.3 Å². The minimum Gasteiger partial charge on any atom is -0.328 e. The number of anilines is 1. The number of fused-ring (bicyclic) bond motifs is 1. The number of nitrogens with zero attached hydrogens (tertiary/aromatic N) is 4. The standard InChI is InChI=1S/C16H22N4O/c1-3-10-19-11-12-20-14(21)13(17-18-15(19)20)16(4-2)8-6-5-7-9-16/h1H,4-12H2,2H3. The van der Waals surface area contributed by atoms with E-state index in [1.807, 2.05) is 4.90 Å². The highest BCUT2D eigenvalue weighted by Crippen LogP contribution is 2.39. The molecule has 3 rings (SSSR count). The minimum atomic E-state index is -0.0656. The van der Waals surface area contributed by atoms with Gasteiger partial charge in [0, 0.05) is 18.5 Å². The predicted molar refractivity (Wildman–Crippen MR) is 82.4 cm³/mol. The number of hydrogen-bond acceptors (Lipinski definition) is 4. The molecule has 1 saturated carbocycles. The van der Waals surface area contributed by atoms with Crippen molar-refractivity contribution in [2.75, 3.05) is 18.0 Å². The summed E-state index contributed by atoms with van der Waals surface area (Å²) in [7, 11) is 0. The Bertz CT molecular complexity index is 622.